The summed E-state index contributed by atoms with van der Waals surface area (Å²) in [5.74, 6) is -0.0499. The first kappa shape index (κ1) is 21.3. The van der Waals surface area contributed by atoms with Crippen LogP contribution < -0.4 is 4.74 Å². The Morgan fingerprint density at radius 1 is 0.970 bits per heavy atom. The van der Waals surface area contributed by atoms with E-state index >= 15 is 0 Å². The van der Waals surface area contributed by atoms with Crippen LogP contribution in [0, 0.1) is 0 Å². The van der Waals surface area contributed by atoms with Crippen LogP contribution in [0.2, 0.25) is 0 Å². The SMILES string of the molecule is COc1ccccc1-c1nnc(C2CCN(C(=O)CN3C(=O)c4ccccc4C3=O)CC2)s1. The molecule has 2 aliphatic rings. The van der Waals surface area contributed by atoms with E-state index < -0.39 is 11.8 Å². The van der Waals surface area contributed by atoms with Gasteiger partial charge in [0.15, 0.2) is 5.01 Å². The first-order valence-corrected chi connectivity index (χ1v) is 11.6. The first-order chi connectivity index (χ1) is 16.1. The Morgan fingerprint density at radius 2 is 1.58 bits per heavy atom. The van der Waals surface area contributed by atoms with E-state index in [-0.39, 0.29) is 18.4 Å². The highest BCUT2D eigenvalue weighted by Gasteiger charge is 2.37. The largest absolute Gasteiger partial charge is 0.496 e. The minimum atomic E-state index is -0.406. The van der Waals surface area contributed by atoms with E-state index in [0.29, 0.717) is 24.2 Å². The highest BCUT2D eigenvalue weighted by molar-refractivity contribution is 7.14. The third-order valence-electron chi connectivity index (χ3n) is 6.15. The molecule has 0 spiro atoms. The average molecular weight is 463 g/mol. The van der Waals surface area contributed by atoms with Crippen molar-refractivity contribution in [3.05, 3.63) is 64.7 Å². The number of fused-ring (bicyclic) bond motifs is 1. The summed E-state index contributed by atoms with van der Waals surface area (Å²) in [7, 11) is 1.63. The maximum Gasteiger partial charge on any atom is 0.262 e. The number of hydrogen-bond acceptors (Lipinski definition) is 7. The molecule has 1 fully saturated rings. The van der Waals surface area contributed by atoms with Crippen LogP contribution in [-0.4, -0.2) is 64.5 Å². The van der Waals surface area contributed by atoms with E-state index in [1.165, 1.54) is 0 Å². The summed E-state index contributed by atoms with van der Waals surface area (Å²) in [5.41, 5.74) is 1.63. The van der Waals surface area contributed by atoms with Crippen LogP contribution in [-0.2, 0) is 4.79 Å². The lowest BCUT2D eigenvalue weighted by Crippen LogP contribution is -2.45. The molecular formula is C24H22N4O4S. The van der Waals surface area contributed by atoms with Crippen molar-refractivity contribution < 1.29 is 19.1 Å². The molecule has 168 valence electrons. The van der Waals surface area contributed by atoms with Crippen LogP contribution in [0.25, 0.3) is 10.6 Å². The number of benzene rings is 2. The maximum atomic E-state index is 12.8. The normalized spacial score (nSPS) is 16.3. The molecule has 33 heavy (non-hydrogen) atoms. The second kappa shape index (κ2) is 8.74. The van der Waals surface area contributed by atoms with Gasteiger partial charge in [0.25, 0.3) is 11.8 Å². The number of methoxy groups -OCH3 is 1. The average Bonchev–Trinajstić information content (AvgIpc) is 3.44. The number of piperidine rings is 1. The molecule has 3 heterocycles. The lowest BCUT2D eigenvalue weighted by Gasteiger charge is -2.31. The molecular weight excluding hydrogens is 440 g/mol. The van der Waals surface area contributed by atoms with Crippen LogP contribution in [0.15, 0.2) is 48.5 Å². The Hall–Kier alpha value is -3.59. The molecule has 2 aliphatic heterocycles. The van der Waals surface area contributed by atoms with Gasteiger partial charge in [-0.1, -0.05) is 35.6 Å². The van der Waals surface area contributed by atoms with Gasteiger partial charge >= 0.3 is 0 Å². The molecule has 0 radical (unpaired) electrons. The smallest absolute Gasteiger partial charge is 0.262 e. The van der Waals surface area contributed by atoms with Gasteiger partial charge in [-0.25, -0.2) is 0 Å². The number of para-hydroxylation sites is 1. The first-order valence-electron chi connectivity index (χ1n) is 10.8. The number of rotatable bonds is 5. The Labute approximate surface area is 194 Å². The standard InChI is InChI=1S/C24H22N4O4S/c1-32-19-9-5-4-8-18(19)22-26-25-21(33-22)15-10-12-27(13-11-15)20(29)14-28-23(30)16-6-2-3-7-17(16)24(28)31/h2-9,15H,10-14H2,1H3. The third kappa shape index (κ3) is 3.89. The van der Waals surface area contributed by atoms with Gasteiger partial charge in [0.05, 0.1) is 23.8 Å². The molecule has 5 rings (SSSR count). The fourth-order valence-corrected chi connectivity index (χ4v) is 5.37. The highest BCUT2D eigenvalue weighted by atomic mass is 32.1. The fourth-order valence-electron chi connectivity index (χ4n) is 4.32. The second-order valence-corrected chi connectivity index (χ2v) is 9.05. The van der Waals surface area contributed by atoms with Gasteiger partial charge in [-0.05, 0) is 37.1 Å². The van der Waals surface area contributed by atoms with E-state index in [0.717, 1.165) is 39.1 Å². The topological polar surface area (TPSA) is 92.7 Å². The van der Waals surface area contributed by atoms with E-state index in [1.807, 2.05) is 24.3 Å². The van der Waals surface area contributed by atoms with E-state index in [1.54, 1.807) is 47.6 Å². The molecule has 2 aromatic carbocycles. The van der Waals surface area contributed by atoms with Crippen molar-refractivity contribution in [2.45, 2.75) is 18.8 Å². The zero-order chi connectivity index (χ0) is 22.9. The van der Waals surface area contributed by atoms with Gasteiger partial charge < -0.3 is 9.64 Å². The minimum Gasteiger partial charge on any atom is -0.496 e. The van der Waals surface area contributed by atoms with Crippen molar-refractivity contribution in [2.24, 2.45) is 0 Å². The quantitative estimate of drug-likeness (QED) is 0.541. The molecule has 8 nitrogen and oxygen atoms in total. The summed E-state index contributed by atoms with van der Waals surface area (Å²) in [6.07, 6.45) is 1.52. The monoisotopic (exact) mass is 462 g/mol. The Kier molecular flexibility index (Phi) is 5.63. The number of nitrogens with zero attached hydrogens (tertiary/aromatic N) is 4. The lowest BCUT2D eigenvalue weighted by molar-refractivity contribution is -0.132. The van der Waals surface area contributed by atoms with Gasteiger partial charge in [-0.15, -0.1) is 10.2 Å². The lowest BCUT2D eigenvalue weighted by atomic mass is 9.97. The molecule has 0 unspecified atom stereocenters. The van der Waals surface area contributed by atoms with Gasteiger partial charge in [-0.2, -0.15) is 0 Å². The number of aromatic nitrogens is 2. The van der Waals surface area contributed by atoms with Crippen molar-refractivity contribution in [1.29, 1.82) is 0 Å². The Bertz CT molecular complexity index is 1200. The molecule has 0 aliphatic carbocycles. The number of hydrogen-bond donors (Lipinski definition) is 0. The summed E-state index contributed by atoms with van der Waals surface area (Å²) in [4.78, 5) is 40.7. The molecule has 1 saturated heterocycles. The minimum absolute atomic E-state index is 0.213. The predicted octanol–water partition coefficient (Wildman–Crippen LogP) is 3.22. The van der Waals surface area contributed by atoms with E-state index in [9.17, 15) is 14.4 Å². The van der Waals surface area contributed by atoms with Crippen LogP contribution in [0.1, 0.15) is 44.5 Å². The van der Waals surface area contributed by atoms with E-state index in [2.05, 4.69) is 10.2 Å². The number of imide groups is 1. The van der Waals surface area contributed by atoms with Gasteiger partial charge in [0, 0.05) is 19.0 Å². The third-order valence-corrected chi connectivity index (χ3v) is 7.27. The van der Waals surface area contributed by atoms with Gasteiger partial charge in [-0.3, -0.25) is 19.3 Å². The molecule has 3 aromatic rings. The molecule has 0 atom stereocenters. The summed E-state index contributed by atoms with van der Waals surface area (Å²) >= 11 is 1.55. The summed E-state index contributed by atoms with van der Waals surface area (Å²) in [6.45, 7) is 0.875. The summed E-state index contributed by atoms with van der Waals surface area (Å²) in [6, 6.07) is 14.4. The number of carbonyl (C=O) groups excluding carboxylic acids is 3. The number of likely N-dealkylation sites (tertiary alicyclic amines) is 1. The van der Waals surface area contributed by atoms with Crippen molar-refractivity contribution in [3.8, 4) is 16.3 Å². The number of ether oxygens (including phenoxy) is 1. The molecule has 0 bridgehead atoms. The molecule has 0 saturated carbocycles. The van der Waals surface area contributed by atoms with Crippen molar-refractivity contribution in [2.75, 3.05) is 26.7 Å². The van der Waals surface area contributed by atoms with Gasteiger partial charge in [0.2, 0.25) is 5.91 Å². The van der Waals surface area contributed by atoms with E-state index in [4.69, 9.17) is 4.74 Å². The Balaban J connectivity index is 1.21. The molecule has 1 aromatic heterocycles. The maximum absolute atomic E-state index is 12.8. The number of amides is 3. The zero-order valence-electron chi connectivity index (χ0n) is 18.1. The van der Waals surface area contributed by atoms with Crippen molar-refractivity contribution in [3.63, 3.8) is 0 Å². The van der Waals surface area contributed by atoms with Crippen LogP contribution in [0.4, 0.5) is 0 Å². The van der Waals surface area contributed by atoms with Gasteiger partial charge in [0.1, 0.15) is 17.3 Å². The van der Waals surface area contributed by atoms with Crippen molar-refractivity contribution in [1.82, 2.24) is 20.0 Å². The molecule has 9 heteroatoms. The zero-order valence-corrected chi connectivity index (χ0v) is 18.9. The predicted molar refractivity (Wildman–Crippen MR) is 122 cm³/mol. The highest BCUT2D eigenvalue weighted by Crippen LogP contribution is 2.36. The second-order valence-electron chi connectivity index (χ2n) is 8.04. The Morgan fingerprint density at radius 3 is 2.21 bits per heavy atom. The summed E-state index contributed by atoms with van der Waals surface area (Å²) in [5, 5.41) is 10.5. The summed E-state index contributed by atoms with van der Waals surface area (Å²) < 4.78 is 5.43. The van der Waals surface area contributed by atoms with Crippen LogP contribution >= 0.6 is 11.3 Å². The van der Waals surface area contributed by atoms with Crippen LogP contribution in [0.5, 0.6) is 5.75 Å². The molecule has 0 N–H and O–H groups in total. The van der Waals surface area contributed by atoms with Crippen LogP contribution in [0.3, 0.4) is 0 Å². The fraction of sp³-hybridized carbons (Fsp3) is 0.292. The number of carbonyl (C=O) groups is 3. The van der Waals surface area contributed by atoms with Crippen molar-refractivity contribution >= 4 is 29.1 Å². The molecule has 3 amide bonds.